The van der Waals surface area contributed by atoms with Gasteiger partial charge in [0.05, 0.1) is 4.34 Å². The molecule has 0 saturated carbocycles. The summed E-state index contributed by atoms with van der Waals surface area (Å²) >= 11 is 7.22. The molecule has 0 atom stereocenters. The van der Waals surface area contributed by atoms with Crippen LogP contribution < -0.4 is 5.32 Å². The SMILES string of the molecule is Fc1ccc(NCc2ccc(Cl)s2)cc1F. The minimum absolute atomic E-state index is 0.544. The van der Waals surface area contributed by atoms with Crippen molar-refractivity contribution in [1.29, 1.82) is 0 Å². The molecule has 1 aromatic carbocycles. The number of thiophene rings is 1. The van der Waals surface area contributed by atoms with Crippen molar-refractivity contribution in [3.63, 3.8) is 0 Å². The summed E-state index contributed by atoms with van der Waals surface area (Å²) in [6, 6.07) is 7.41. The summed E-state index contributed by atoms with van der Waals surface area (Å²) in [7, 11) is 0. The van der Waals surface area contributed by atoms with Crippen LogP contribution in [0.5, 0.6) is 0 Å². The van der Waals surface area contributed by atoms with Crippen LogP contribution in [0.25, 0.3) is 0 Å². The van der Waals surface area contributed by atoms with E-state index in [9.17, 15) is 8.78 Å². The first kappa shape index (κ1) is 11.4. The number of hydrogen-bond acceptors (Lipinski definition) is 2. The molecule has 1 aromatic heterocycles. The summed E-state index contributed by atoms with van der Waals surface area (Å²) in [5.74, 6) is -1.70. The second-order valence-corrected chi connectivity index (χ2v) is 4.99. The molecule has 0 aliphatic rings. The van der Waals surface area contributed by atoms with E-state index in [0.717, 1.165) is 17.0 Å². The van der Waals surface area contributed by atoms with Gasteiger partial charge in [-0.2, -0.15) is 0 Å². The van der Waals surface area contributed by atoms with Gasteiger partial charge in [-0.25, -0.2) is 8.78 Å². The summed E-state index contributed by atoms with van der Waals surface area (Å²) in [4.78, 5) is 1.04. The van der Waals surface area contributed by atoms with E-state index in [0.29, 0.717) is 16.6 Å². The Labute approximate surface area is 101 Å². The summed E-state index contributed by atoms with van der Waals surface area (Å²) in [5.41, 5.74) is 0.545. The Balaban J connectivity index is 2.02. The summed E-state index contributed by atoms with van der Waals surface area (Å²) < 4.78 is 26.2. The molecule has 0 unspecified atom stereocenters. The van der Waals surface area contributed by atoms with E-state index in [1.807, 2.05) is 6.07 Å². The number of halogens is 3. The largest absolute Gasteiger partial charge is 0.380 e. The number of benzene rings is 1. The van der Waals surface area contributed by atoms with Crippen molar-refractivity contribution in [3.8, 4) is 0 Å². The minimum Gasteiger partial charge on any atom is -0.380 e. The van der Waals surface area contributed by atoms with Gasteiger partial charge >= 0.3 is 0 Å². The van der Waals surface area contributed by atoms with Crippen LogP contribution in [0.4, 0.5) is 14.5 Å². The molecule has 0 fully saturated rings. The first-order chi connectivity index (χ1) is 7.65. The van der Waals surface area contributed by atoms with Crippen LogP contribution in [-0.2, 0) is 6.54 Å². The summed E-state index contributed by atoms with van der Waals surface area (Å²) in [5, 5.41) is 2.99. The molecule has 2 aromatic rings. The summed E-state index contributed by atoms with van der Waals surface area (Å²) in [6.07, 6.45) is 0. The highest BCUT2D eigenvalue weighted by atomic mass is 35.5. The zero-order valence-corrected chi connectivity index (χ0v) is 9.71. The molecule has 0 amide bonds. The van der Waals surface area contributed by atoms with Crippen LogP contribution in [0, 0.1) is 11.6 Å². The van der Waals surface area contributed by atoms with E-state index in [1.165, 1.54) is 17.4 Å². The second-order valence-electron chi connectivity index (χ2n) is 3.19. The Bertz CT molecular complexity index is 498. The second kappa shape index (κ2) is 4.80. The Morgan fingerprint density at radius 3 is 2.56 bits per heavy atom. The highest BCUT2D eigenvalue weighted by molar-refractivity contribution is 7.16. The molecule has 2 rings (SSSR count). The Morgan fingerprint density at radius 1 is 1.12 bits per heavy atom. The topological polar surface area (TPSA) is 12.0 Å². The van der Waals surface area contributed by atoms with E-state index >= 15 is 0 Å². The lowest BCUT2D eigenvalue weighted by Crippen LogP contribution is -1.98. The molecular formula is C11H8ClF2NS. The van der Waals surface area contributed by atoms with Crippen molar-refractivity contribution >= 4 is 28.6 Å². The third kappa shape index (κ3) is 2.71. The third-order valence-electron chi connectivity index (χ3n) is 2.02. The molecule has 5 heteroatoms. The average Bonchev–Trinajstić information content (AvgIpc) is 2.66. The maximum Gasteiger partial charge on any atom is 0.160 e. The van der Waals surface area contributed by atoms with Crippen LogP contribution in [-0.4, -0.2) is 0 Å². The fraction of sp³-hybridized carbons (Fsp3) is 0.0909. The van der Waals surface area contributed by atoms with Gasteiger partial charge in [0.15, 0.2) is 11.6 Å². The van der Waals surface area contributed by atoms with E-state index in [4.69, 9.17) is 11.6 Å². The van der Waals surface area contributed by atoms with E-state index in [1.54, 1.807) is 6.07 Å². The van der Waals surface area contributed by atoms with Gasteiger partial charge in [-0.3, -0.25) is 0 Å². The van der Waals surface area contributed by atoms with Gasteiger partial charge in [0.25, 0.3) is 0 Å². The lowest BCUT2D eigenvalue weighted by molar-refractivity contribution is 0.509. The molecule has 0 aliphatic heterocycles. The fourth-order valence-electron chi connectivity index (χ4n) is 1.24. The number of hydrogen-bond donors (Lipinski definition) is 1. The number of nitrogens with one attached hydrogen (secondary N) is 1. The van der Waals surface area contributed by atoms with Gasteiger partial charge in [0, 0.05) is 23.2 Å². The normalized spacial score (nSPS) is 10.4. The molecular weight excluding hydrogens is 252 g/mol. The molecule has 0 spiro atoms. The predicted octanol–water partition coefficient (Wildman–Crippen LogP) is 4.29. The van der Waals surface area contributed by atoms with Crippen molar-refractivity contribution in [1.82, 2.24) is 0 Å². The highest BCUT2D eigenvalue weighted by Gasteiger charge is 2.03. The van der Waals surface area contributed by atoms with Crippen LogP contribution in [0.1, 0.15) is 4.88 Å². The van der Waals surface area contributed by atoms with Crippen LogP contribution >= 0.6 is 22.9 Å². The number of anilines is 1. The molecule has 84 valence electrons. The molecule has 0 saturated heterocycles. The lowest BCUT2D eigenvalue weighted by atomic mass is 10.3. The Kier molecular flexibility index (Phi) is 3.41. The third-order valence-corrected chi connectivity index (χ3v) is 3.25. The van der Waals surface area contributed by atoms with Gasteiger partial charge < -0.3 is 5.32 Å². The molecule has 1 nitrogen and oxygen atoms in total. The molecule has 0 bridgehead atoms. The molecule has 16 heavy (non-hydrogen) atoms. The van der Waals surface area contributed by atoms with Crippen molar-refractivity contribution < 1.29 is 8.78 Å². The van der Waals surface area contributed by atoms with Crippen LogP contribution in [0.2, 0.25) is 4.34 Å². The minimum atomic E-state index is -0.853. The number of rotatable bonds is 3. The first-order valence-electron chi connectivity index (χ1n) is 4.58. The molecule has 0 radical (unpaired) electrons. The van der Waals surface area contributed by atoms with E-state index in [-0.39, 0.29) is 0 Å². The fourth-order valence-corrected chi connectivity index (χ4v) is 2.27. The standard InChI is InChI=1S/C11H8ClF2NS/c12-11-4-2-8(16-11)6-15-7-1-3-9(13)10(14)5-7/h1-5,15H,6H2. The van der Waals surface area contributed by atoms with Gasteiger partial charge in [0.1, 0.15) is 0 Å². The monoisotopic (exact) mass is 259 g/mol. The van der Waals surface area contributed by atoms with E-state index in [2.05, 4.69) is 5.32 Å². The van der Waals surface area contributed by atoms with E-state index < -0.39 is 11.6 Å². The van der Waals surface area contributed by atoms with Crippen molar-refractivity contribution in [2.24, 2.45) is 0 Å². The molecule has 1 heterocycles. The van der Waals surface area contributed by atoms with Gasteiger partial charge in [-0.05, 0) is 24.3 Å². The maximum absolute atomic E-state index is 12.9. The van der Waals surface area contributed by atoms with Gasteiger partial charge in [-0.15, -0.1) is 11.3 Å². The maximum atomic E-state index is 12.9. The predicted molar refractivity (Wildman–Crippen MR) is 63.0 cm³/mol. The highest BCUT2D eigenvalue weighted by Crippen LogP contribution is 2.22. The molecule has 0 aliphatic carbocycles. The van der Waals surface area contributed by atoms with Gasteiger partial charge in [0.2, 0.25) is 0 Å². The lowest BCUT2D eigenvalue weighted by Gasteiger charge is -2.04. The van der Waals surface area contributed by atoms with Crippen molar-refractivity contribution in [3.05, 3.63) is 51.2 Å². The summed E-state index contributed by atoms with van der Waals surface area (Å²) in [6.45, 7) is 0.544. The Hall–Kier alpha value is -1.13. The zero-order valence-electron chi connectivity index (χ0n) is 8.14. The smallest absolute Gasteiger partial charge is 0.160 e. The van der Waals surface area contributed by atoms with Crippen molar-refractivity contribution in [2.45, 2.75) is 6.54 Å². The van der Waals surface area contributed by atoms with Crippen molar-refractivity contribution in [2.75, 3.05) is 5.32 Å². The van der Waals surface area contributed by atoms with Crippen LogP contribution in [0.3, 0.4) is 0 Å². The molecule has 1 N–H and O–H groups in total. The zero-order chi connectivity index (χ0) is 11.5. The quantitative estimate of drug-likeness (QED) is 0.867. The van der Waals surface area contributed by atoms with Crippen LogP contribution in [0.15, 0.2) is 30.3 Å². The Morgan fingerprint density at radius 2 is 1.94 bits per heavy atom. The average molecular weight is 260 g/mol. The van der Waals surface area contributed by atoms with Gasteiger partial charge in [-0.1, -0.05) is 11.6 Å². The first-order valence-corrected chi connectivity index (χ1v) is 5.78.